The highest BCUT2D eigenvalue weighted by Crippen LogP contribution is 2.38. The van der Waals surface area contributed by atoms with Gasteiger partial charge in [-0.1, -0.05) is 11.6 Å². The fraction of sp³-hybridized carbons (Fsp3) is 0.261. The van der Waals surface area contributed by atoms with Crippen molar-refractivity contribution >= 4 is 41.1 Å². The summed E-state index contributed by atoms with van der Waals surface area (Å²) in [6.45, 7) is 0.200. The van der Waals surface area contributed by atoms with Crippen LogP contribution in [0.15, 0.2) is 42.5 Å². The molecule has 3 rings (SSSR count). The number of nitrogens with zero attached hydrogens (tertiary/aromatic N) is 1. The van der Waals surface area contributed by atoms with Crippen molar-refractivity contribution in [3.63, 3.8) is 0 Å². The van der Waals surface area contributed by atoms with Crippen molar-refractivity contribution in [1.29, 1.82) is 0 Å². The van der Waals surface area contributed by atoms with Crippen LogP contribution in [0, 0.1) is 5.82 Å². The Hall–Kier alpha value is -3.59. The van der Waals surface area contributed by atoms with E-state index in [0.29, 0.717) is 41.0 Å². The molecular formula is C23H22ClFN2O6. The third kappa shape index (κ3) is 7.21. The zero-order valence-electron chi connectivity index (χ0n) is 17.8. The maximum Gasteiger partial charge on any atom is 0.331 e. The van der Waals surface area contributed by atoms with Gasteiger partial charge in [0.1, 0.15) is 5.82 Å². The van der Waals surface area contributed by atoms with E-state index in [1.165, 1.54) is 37.4 Å². The first-order chi connectivity index (χ1) is 15.8. The molecule has 1 aliphatic rings. The van der Waals surface area contributed by atoms with Crippen molar-refractivity contribution in [1.82, 2.24) is 4.90 Å². The van der Waals surface area contributed by atoms with E-state index in [-0.39, 0.29) is 6.54 Å². The molecule has 2 aromatic carbocycles. The van der Waals surface area contributed by atoms with Gasteiger partial charge in [0, 0.05) is 25.2 Å². The SMILES string of the molecule is CN(CC(=O)Nc1ccc(F)cc1)C(=O)COC(=O)/C=C/c1cc(Cl)c2c(c1)OCCCO2. The van der Waals surface area contributed by atoms with Gasteiger partial charge in [-0.3, -0.25) is 9.59 Å². The molecule has 10 heteroatoms. The molecule has 1 heterocycles. The molecule has 8 nitrogen and oxygen atoms in total. The standard InChI is InChI=1S/C23H22ClFN2O6/c1-27(13-20(28)26-17-6-4-16(25)5-7-17)21(29)14-33-22(30)8-3-15-11-18(24)23-19(12-15)31-9-2-10-32-23/h3-8,11-12H,2,9-10,13-14H2,1H3,(H,26,28)/b8-3+. The number of hydrogen-bond acceptors (Lipinski definition) is 6. The van der Waals surface area contributed by atoms with Gasteiger partial charge >= 0.3 is 5.97 Å². The predicted molar refractivity (Wildman–Crippen MR) is 120 cm³/mol. The number of halogens is 2. The summed E-state index contributed by atoms with van der Waals surface area (Å²) < 4.78 is 29.0. The lowest BCUT2D eigenvalue weighted by atomic mass is 10.2. The molecule has 0 aromatic heterocycles. The highest BCUT2D eigenvalue weighted by Gasteiger charge is 2.16. The number of rotatable bonds is 7. The van der Waals surface area contributed by atoms with Crippen molar-refractivity contribution in [2.75, 3.05) is 38.7 Å². The molecule has 0 spiro atoms. The van der Waals surface area contributed by atoms with Crippen molar-refractivity contribution in [3.05, 3.63) is 58.9 Å². The van der Waals surface area contributed by atoms with Crippen LogP contribution in [0.3, 0.4) is 0 Å². The first-order valence-electron chi connectivity index (χ1n) is 10.0. The minimum absolute atomic E-state index is 0.265. The Morgan fingerprint density at radius 2 is 1.91 bits per heavy atom. The number of hydrogen-bond donors (Lipinski definition) is 1. The lowest BCUT2D eigenvalue weighted by Crippen LogP contribution is -2.37. The molecule has 0 saturated heterocycles. The third-order valence-corrected chi connectivity index (χ3v) is 4.79. The van der Waals surface area contributed by atoms with Gasteiger partial charge in [0.05, 0.1) is 24.8 Å². The van der Waals surface area contributed by atoms with E-state index in [0.717, 1.165) is 17.4 Å². The number of benzene rings is 2. The predicted octanol–water partition coefficient (Wildman–Crippen LogP) is 3.29. The van der Waals surface area contributed by atoms with E-state index in [1.54, 1.807) is 12.1 Å². The minimum atomic E-state index is -0.740. The summed E-state index contributed by atoms with van der Waals surface area (Å²) in [6.07, 6.45) is 3.37. The average molecular weight is 477 g/mol. The molecule has 0 saturated carbocycles. The number of esters is 1. The van der Waals surface area contributed by atoms with E-state index in [1.807, 2.05) is 0 Å². The second kappa shape index (κ2) is 11.3. The average Bonchev–Trinajstić information content (AvgIpc) is 3.03. The highest BCUT2D eigenvalue weighted by atomic mass is 35.5. The summed E-state index contributed by atoms with van der Waals surface area (Å²) in [6, 6.07) is 8.53. The molecule has 0 unspecified atom stereocenters. The molecule has 0 aliphatic carbocycles. The second-order valence-corrected chi connectivity index (χ2v) is 7.53. The molecule has 0 atom stereocenters. The number of ether oxygens (including phenoxy) is 3. The fourth-order valence-electron chi connectivity index (χ4n) is 2.84. The van der Waals surface area contributed by atoms with Gasteiger partial charge in [-0.05, 0) is 48.0 Å². The molecule has 0 radical (unpaired) electrons. The smallest absolute Gasteiger partial charge is 0.331 e. The van der Waals surface area contributed by atoms with Crippen LogP contribution in [0.25, 0.3) is 6.08 Å². The Balaban J connectivity index is 1.46. The lowest BCUT2D eigenvalue weighted by Gasteiger charge is -2.16. The van der Waals surface area contributed by atoms with Gasteiger partial charge in [0.25, 0.3) is 5.91 Å². The molecule has 0 bridgehead atoms. The number of likely N-dealkylation sites (N-methyl/N-ethyl adjacent to an activating group) is 1. The van der Waals surface area contributed by atoms with Gasteiger partial charge in [-0.25, -0.2) is 9.18 Å². The summed E-state index contributed by atoms with van der Waals surface area (Å²) in [4.78, 5) is 37.2. The van der Waals surface area contributed by atoms with Crippen LogP contribution in [0.4, 0.5) is 10.1 Å². The van der Waals surface area contributed by atoms with Crippen molar-refractivity contribution in [2.24, 2.45) is 0 Å². The largest absolute Gasteiger partial charge is 0.489 e. The van der Waals surface area contributed by atoms with Gasteiger partial charge in [-0.2, -0.15) is 0 Å². The molecular weight excluding hydrogens is 455 g/mol. The zero-order chi connectivity index (χ0) is 23.8. The fourth-order valence-corrected chi connectivity index (χ4v) is 3.11. The van der Waals surface area contributed by atoms with Crippen molar-refractivity contribution in [2.45, 2.75) is 6.42 Å². The van der Waals surface area contributed by atoms with E-state index < -0.39 is 30.2 Å². The molecule has 174 valence electrons. The Bertz CT molecular complexity index is 1060. The molecule has 33 heavy (non-hydrogen) atoms. The first kappa shape index (κ1) is 24.1. The van der Waals surface area contributed by atoms with Crippen LogP contribution in [-0.2, 0) is 19.1 Å². The second-order valence-electron chi connectivity index (χ2n) is 7.13. The summed E-state index contributed by atoms with van der Waals surface area (Å²) in [5, 5.41) is 2.90. The summed E-state index contributed by atoms with van der Waals surface area (Å²) in [5.41, 5.74) is 0.996. The van der Waals surface area contributed by atoms with Crippen LogP contribution in [0.5, 0.6) is 11.5 Å². The maximum absolute atomic E-state index is 12.9. The monoisotopic (exact) mass is 476 g/mol. The van der Waals surface area contributed by atoms with Gasteiger partial charge in [-0.15, -0.1) is 0 Å². The van der Waals surface area contributed by atoms with E-state index >= 15 is 0 Å². The Morgan fingerprint density at radius 1 is 1.18 bits per heavy atom. The summed E-state index contributed by atoms with van der Waals surface area (Å²) in [5.74, 6) is -1.26. The van der Waals surface area contributed by atoms with Crippen LogP contribution >= 0.6 is 11.6 Å². The van der Waals surface area contributed by atoms with Crippen LogP contribution < -0.4 is 14.8 Å². The highest BCUT2D eigenvalue weighted by molar-refractivity contribution is 6.32. The topological polar surface area (TPSA) is 94.2 Å². The number of nitrogens with one attached hydrogen (secondary N) is 1. The normalized spacial score (nSPS) is 12.7. The first-order valence-corrected chi connectivity index (χ1v) is 10.4. The summed E-state index contributed by atoms with van der Waals surface area (Å²) in [7, 11) is 1.40. The Labute approximate surface area is 194 Å². The summed E-state index contributed by atoms with van der Waals surface area (Å²) >= 11 is 6.22. The lowest BCUT2D eigenvalue weighted by molar-refractivity contribution is -0.148. The molecule has 1 N–H and O–H groups in total. The Morgan fingerprint density at radius 3 is 2.67 bits per heavy atom. The number of carbonyl (C=O) groups is 3. The van der Waals surface area contributed by atoms with Gasteiger partial charge in [0.2, 0.25) is 5.91 Å². The number of carbonyl (C=O) groups excluding carboxylic acids is 3. The van der Waals surface area contributed by atoms with E-state index in [9.17, 15) is 18.8 Å². The van der Waals surface area contributed by atoms with E-state index in [2.05, 4.69) is 5.32 Å². The van der Waals surface area contributed by atoms with Crippen molar-refractivity contribution < 1.29 is 33.0 Å². The maximum atomic E-state index is 12.9. The van der Waals surface area contributed by atoms with Crippen LogP contribution in [-0.4, -0.2) is 56.1 Å². The molecule has 2 amide bonds. The Kier molecular flexibility index (Phi) is 8.26. The third-order valence-electron chi connectivity index (χ3n) is 4.51. The van der Waals surface area contributed by atoms with Gasteiger partial charge in [0.15, 0.2) is 18.1 Å². The molecule has 2 aromatic rings. The minimum Gasteiger partial charge on any atom is -0.489 e. The van der Waals surface area contributed by atoms with Crippen molar-refractivity contribution in [3.8, 4) is 11.5 Å². The van der Waals surface area contributed by atoms with E-state index in [4.69, 9.17) is 25.8 Å². The molecule has 1 aliphatic heterocycles. The van der Waals surface area contributed by atoms with Crippen LogP contribution in [0.2, 0.25) is 5.02 Å². The van der Waals surface area contributed by atoms with Gasteiger partial charge < -0.3 is 24.4 Å². The molecule has 0 fully saturated rings. The zero-order valence-corrected chi connectivity index (χ0v) is 18.6. The number of anilines is 1. The quantitative estimate of drug-likeness (QED) is 0.487. The van der Waals surface area contributed by atoms with Crippen LogP contribution in [0.1, 0.15) is 12.0 Å². The number of fused-ring (bicyclic) bond motifs is 1. The number of amides is 2.